The zero-order chi connectivity index (χ0) is 14.1. The predicted molar refractivity (Wildman–Crippen MR) is 73.5 cm³/mol. The molecule has 0 spiro atoms. The molecule has 5 nitrogen and oxygen atoms in total. The lowest BCUT2D eigenvalue weighted by Gasteiger charge is -2.38. The smallest absolute Gasteiger partial charge is 0.292 e. The van der Waals surface area contributed by atoms with Gasteiger partial charge in [0.25, 0.3) is 5.91 Å². The predicted octanol–water partition coefficient (Wildman–Crippen LogP) is 2.43. The Morgan fingerprint density at radius 2 is 2.05 bits per heavy atom. The third-order valence-electron chi connectivity index (χ3n) is 3.68. The summed E-state index contributed by atoms with van der Waals surface area (Å²) >= 11 is 0. The van der Waals surface area contributed by atoms with Crippen LogP contribution in [0.1, 0.15) is 47.5 Å². The van der Waals surface area contributed by atoms with Gasteiger partial charge in [0.2, 0.25) is 5.76 Å². The topological polar surface area (TPSA) is 59.2 Å². The van der Waals surface area contributed by atoms with Gasteiger partial charge in [-0.05, 0) is 23.6 Å². The van der Waals surface area contributed by atoms with Crippen molar-refractivity contribution in [2.24, 2.45) is 0 Å². The van der Waals surface area contributed by atoms with Gasteiger partial charge < -0.3 is 9.42 Å². The lowest BCUT2D eigenvalue weighted by atomic mass is 9.92. The van der Waals surface area contributed by atoms with E-state index in [0.29, 0.717) is 11.7 Å². The molecule has 5 heteroatoms. The van der Waals surface area contributed by atoms with E-state index in [1.54, 1.807) is 23.4 Å². The number of likely N-dealkylation sites (tertiary alicyclic amines) is 1. The minimum absolute atomic E-state index is 0.0743. The molecular formula is C15H17N3O2. The van der Waals surface area contributed by atoms with Gasteiger partial charge in [0.05, 0.1) is 5.69 Å². The van der Waals surface area contributed by atoms with Crippen LogP contribution in [0.25, 0.3) is 0 Å². The van der Waals surface area contributed by atoms with Crippen LogP contribution in [-0.2, 0) is 0 Å². The molecule has 104 valence electrons. The maximum Gasteiger partial charge on any atom is 0.292 e. The summed E-state index contributed by atoms with van der Waals surface area (Å²) in [5, 5.41) is 3.92. The summed E-state index contributed by atoms with van der Waals surface area (Å²) in [7, 11) is 0. The van der Waals surface area contributed by atoms with Gasteiger partial charge >= 0.3 is 0 Å². The van der Waals surface area contributed by atoms with Crippen molar-refractivity contribution in [3.63, 3.8) is 0 Å². The van der Waals surface area contributed by atoms with E-state index < -0.39 is 0 Å². The van der Waals surface area contributed by atoms with Crippen LogP contribution in [0.4, 0.5) is 0 Å². The van der Waals surface area contributed by atoms with Crippen molar-refractivity contribution < 1.29 is 9.32 Å². The molecule has 0 atom stereocenters. The van der Waals surface area contributed by atoms with Gasteiger partial charge in [-0.15, -0.1) is 0 Å². The summed E-state index contributed by atoms with van der Waals surface area (Å²) in [6.07, 6.45) is 3.57. The van der Waals surface area contributed by atoms with E-state index in [2.05, 4.69) is 10.1 Å². The molecular weight excluding hydrogens is 254 g/mol. The molecule has 0 bridgehead atoms. The fourth-order valence-corrected chi connectivity index (χ4v) is 2.31. The monoisotopic (exact) mass is 271 g/mol. The molecule has 0 aliphatic carbocycles. The summed E-state index contributed by atoms with van der Waals surface area (Å²) in [6.45, 7) is 5.49. The summed E-state index contributed by atoms with van der Waals surface area (Å²) in [6, 6.07) is 5.74. The van der Waals surface area contributed by atoms with Gasteiger partial charge in [0, 0.05) is 37.5 Å². The number of carbonyl (C=O) groups excluding carboxylic acids is 1. The molecule has 0 radical (unpaired) electrons. The summed E-state index contributed by atoms with van der Waals surface area (Å²) < 4.78 is 5.13. The molecule has 1 amide bonds. The van der Waals surface area contributed by atoms with Crippen LogP contribution in [0.5, 0.6) is 0 Å². The quantitative estimate of drug-likeness (QED) is 0.860. The number of pyridine rings is 1. The van der Waals surface area contributed by atoms with Crippen molar-refractivity contribution in [1.82, 2.24) is 15.0 Å². The first-order valence-corrected chi connectivity index (χ1v) is 6.81. The summed E-state index contributed by atoms with van der Waals surface area (Å²) in [5.41, 5.74) is 2.05. The minimum atomic E-state index is -0.0743. The molecule has 0 saturated carbocycles. The number of hydrogen-bond donors (Lipinski definition) is 0. The Hall–Kier alpha value is -2.17. The van der Waals surface area contributed by atoms with Gasteiger partial charge in [-0.25, -0.2) is 0 Å². The number of rotatable bonds is 3. The van der Waals surface area contributed by atoms with Crippen molar-refractivity contribution in [3.8, 4) is 0 Å². The first-order valence-electron chi connectivity index (χ1n) is 6.81. The number of carbonyl (C=O) groups is 1. The Kier molecular flexibility index (Phi) is 3.26. The van der Waals surface area contributed by atoms with Crippen LogP contribution in [-0.4, -0.2) is 34.0 Å². The van der Waals surface area contributed by atoms with Gasteiger partial charge in [-0.2, -0.15) is 0 Å². The van der Waals surface area contributed by atoms with Crippen LogP contribution < -0.4 is 0 Å². The average molecular weight is 271 g/mol. The van der Waals surface area contributed by atoms with E-state index in [1.807, 2.05) is 26.0 Å². The molecule has 1 saturated heterocycles. The second-order valence-electron chi connectivity index (χ2n) is 5.46. The lowest BCUT2D eigenvalue weighted by Crippen LogP contribution is -2.48. The summed E-state index contributed by atoms with van der Waals surface area (Å²) in [5.74, 6) is 0.923. The minimum Gasteiger partial charge on any atom is -0.351 e. The Morgan fingerprint density at radius 1 is 1.35 bits per heavy atom. The van der Waals surface area contributed by atoms with E-state index in [1.165, 1.54) is 5.56 Å². The van der Waals surface area contributed by atoms with Gasteiger partial charge in [0.15, 0.2) is 0 Å². The second kappa shape index (κ2) is 5.07. The normalized spacial score (nSPS) is 15.4. The Bertz CT molecular complexity index is 601. The maximum absolute atomic E-state index is 12.2. The van der Waals surface area contributed by atoms with Crippen molar-refractivity contribution in [2.45, 2.75) is 25.7 Å². The Morgan fingerprint density at radius 3 is 2.65 bits per heavy atom. The van der Waals surface area contributed by atoms with Crippen LogP contribution in [0, 0.1) is 0 Å². The Labute approximate surface area is 117 Å². The fourth-order valence-electron chi connectivity index (χ4n) is 2.31. The Balaban J connectivity index is 1.63. The molecule has 1 fully saturated rings. The highest BCUT2D eigenvalue weighted by atomic mass is 16.5. The van der Waals surface area contributed by atoms with Crippen molar-refractivity contribution in [3.05, 3.63) is 47.6 Å². The molecule has 1 aliphatic rings. The molecule has 2 aromatic heterocycles. The highest BCUT2D eigenvalue weighted by molar-refractivity contribution is 5.92. The molecule has 0 N–H and O–H groups in total. The van der Waals surface area contributed by atoms with E-state index in [4.69, 9.17) is 4.52 Å². The summed E-state index contributed by atoms with van der Waals surface area (Å²) in [4.78, 5) is 18.0. The lowest BCUT2D eigenvalue weighted by molar-refractivity contribution is 0.0559. The number of nitrogens with zero attached hydrogens (tertiary/aromatic N) is 3. The second-order valence-corrected chi connectivity index (χ2v) is 5.46. The largest absolute Gasteiger partial charge is 0.351 e. The van der Waals surface area contributed by atoms with E-state index in [-0.39, 0.29) is 11.8 Å². The fraction of sp³-hybridized carbons (Fsp3) is 0.400. The molecule has 1 aliphatic heterocycles. The van der Waals surface area contributed by atoms with Crippen LogP contribution in [0.3, 0.4) is 0 Å². The van der Waals surface area contributed by atoms with Gasteiger partial charge in [-0.1, -0.05) is 19.0 Å². The highest BCUT2D eigenvalue weighted by Gasteiger charge is 2.33. The van der Waals surface area contributed by atoms with Crippen molar-refractivity contribution >= 4 is 5.91 Å². The zero-order valence-corrected chi connectivity index (χ0v) is 11.6. The molecule has 20 heavy (non-hydrogen) atoms. The van der Waals surface area contributed by atoms with Crippen LogP contribution in [0.2, 0.25) is 0 Å². The highest BCUT2D eigenvalue weighted by Crippen LogP contribution is 2.28. The average Bonchev–Trinajstić information content (AvgIpc) is 2.88. The van der Waals surface area contributed by atoms with Crippen LogP contribution >= 0.6 is 0 Å². The standard InChI is InChI=1S/C15H17N3O2/c1-10(2)13-7-14(20-17-13)15(19)18-8-12(9-18)11-3-5-16-6-4-11/h3-7,10,12H,8-9H2,1-2H3. The van der Waals surface area contributed by atoms with E-state index in [0.717, 1.165) is 18.8 Å². The number of hydrogen-bond acceptors (Lipinski definition) is 4. The molecule has 3 rings (SSSR count). The zero-order valence-electron chi connectivity index (χ0n) is 11.6. The third kappa shape index (κ3) is 2.31. The van der Waals surface area contributed by atoms with Crippen LogP contribution in [0.15, 0.2) is 35.1 Å². The number of amides is 1. The number of aromatic nitrogens is 2. The molecule has 2 aromatic rings. The molecule has 0 unspecified atom stereocenters. The van der Waals surface area contributed by atoms with Gasteiger partial charge in [0.1, 0.15) is 0 Å². The maximum atomic E-state index is 12.2. The van der Waals surface area contributed by atoms with E-state index in [9.17, 15) is 4.79 Å². The first-order chi connectivity index (χ1) is 9.65. The van der Waals surface area contributed by atoms with Gasteiger partial charge in [-0.3, -0.25) is 9.78 Å². The van der Waals surface area contributed by atoms with E-state index >= 15 is 0 Å². The molecule has 3 heterocycles. The van der Waals surface area contributed by atoms with Crippen molar-refractivity contribution in [2.75, 3.05) is 13.1 Å². The third-order valence-corrected chi connectivity index (χ3v) is 3.68. The molecule has 0 aromatic carbocycles. The SMILES string of the molecule is CC(C)c1cc(C(=O)N2CC(c3ccncc3)C2)on1. The van der Waals surface area contributed by atoms with Crippen molar-refractivity contribution in [1.29, 1.82) is 0 Å². The first kappa shape index (κ1) is 12.8.